The molecule has 1 aromatic carbocycles. The molecule has 1 heterocycles. The molecule has 0 amide bonds. The van der Waals surface area contributed by atoms with Crippen LogP contribution in [0, 0.1) is 0 Å². The number of benzene rings is 1. The first-order valence-electron chi connectivity index (χ1n) is 5.49. The summed E-state index contributed by atoms with van der Waals surface area (Å²) < 4.78 is 1.76. The van der Waals surface area contributed by atoms with Crippen molar-refractivity contribution in [1.82, 2.24) is 5.32 Å². The van der Waals surface area contributed by atoms with Gasteiger partial charge in [-0.15, -0.1) is 11.3 Å². The van der Waals surface area contributed by atoms with Gasteiger partial charge in [0.05, 0.1) is 0 Å². The summed E-state index contributed by atoms with van der Waals surface area (Å²) in [4.78, 5) is 1.22. The van der Waals surface area contributed by atoms with Gasteiger partial charge in [0.25, 0.3) is 0 Å². The topological polar surface area (TPSA) is 12.0 Å². The van der Waals surface area contributed by atoms with E-state index < -0.39 is 0 Å². The van der Waals surface area contributed by atoms with Crippen LogP contribution in [0.3, 0.4) is 0 Å². The first kappa shape index (κ1) is 14.4. The average Bonchev–Trinajstić information content (AvgIpc) is 2.67. The molecular formula is C13H12BrCl2NS. The second-order valence-corrected chi connectivity index (χ2v) is 7.02. The van der Waals surface area contributed by atoms with Crippen molar-refractivity contribution in [2.75, 3.05) is 0 Å². The van der Waals surface area contributed by atoms with Gasteiger partial charge >= 0.3 is 0 Å². The summed E-state index contributed by atoms with van der Waals surface area (Å²) in [6.07, 6.45) is 0. The molecule has 0 aliphatic carbocycles. The molecule has 5 heteroatoms. The van der Waals surface area contributed by atoms with Gasteiger partial charge in [-0.05, 0) is 46.6 Å². The van der Waals surface area contributed by atoms with Crippen LogP contribution in [-0.2, 0) is 6.54 Å². The van der Waals surface area contributed by atoms with Gasteiger partial charge in [-0.25, -0.2) is 0 Å². The van der Waals surface area contributed by atoms with Crippen LogP contribution in [-0.4, -0.2) is 0 Å². The van der Waals surface area contributed by atoms with Gasteiger partial charge in [0, 0.05) is 27.0 Å². The van der Waals surface area contributed by atoms with Crippen molar-refractivity contribution < 1.29 is 0 Å². The minimum atomic E-state index is 0.280. The summed E-state index contributed by atoms with van der Waals surface area (Å²) >= 11 is 16.9. The van der Waals surface area contributed by atoms with Crippen molar-refractivity contribution in [3.63, 3.8) is 0 Å². The third-order valence-corrected chi connectivity index (χ3v) is 5.38. The highest BCUT2D eigenvalue weighted by molar-refractivity contribution is 9.10. The molecule has 18 heavy (non-hydrogen) atoms. The van der Waals surface area contributed by atoms with Crippen molar-refractivity contribution in [2.45, 2.75) is 19.5 Å². The Hall–Kier alpha value is -0.0600. The molecule has 1 aromatic heterocycles. The second-order valence-electron chi connectivity index (χ2n) is 3.99. The normalized spacial score (nSPS) is 12.7. The van der Waals surface area contributed by atoms with E-state index in [0.717, 1.165) is 20.4 Å². The maximum absolute atomic E-state index is 6.01. The van der Waals surface area contributed by atoms with Gasteiger partial charge in [0.2, 0.25) is 0 Å². The van der Waals surface area contributed by atoms with E-state index in [1.54, 1.807) is 11.3 Å². The number of nitrogens with one attached hydrogen (secondary N) is 1. The third kappa shape index (κ3) is 3.72. The molecule has 0 aliphatic heterocycles. The Morgan fingerprint density at radius 2 is 1.94 bits per heavy atom. The summed E-state index contributed by atoms with van der Waals surface area (Å²) in [7, 11) is 0. The molecule has 0 fully saturated rings. The molecule has 1 atom stereocenters. The van der Waals surface area contributed by atoms with Crippen LogP contribution in [0.15, 0.2) is 34.8 Å². The standard InChI is InChI=1S/C13H12BrCl2NS/c1-8(9-2-4-10(15)5-3-9)17-7-11-6-12(14)13(16)18-11/h2-6,8,17H,7H2,1H3/t8-/m1/s1. The molecule has 0 aliphatic rings. The molecule has 0 unspecified atom stereocenters. The molecule has 2 aromatic rings. The fourth-order valence-electron chi connectivity index (χ4n) is 1.60. The highest BCUT2D eigenvalue weighted by Crippen LogP contribution is 2.32. The fourth-order valence-corrected chi connectivity index (χ4v) is 3.47. The van der Waals surface area contributed by atoms with E-state index >= 15 is 0 Å². The van der Waals surface area contributed by atoms with Crippen molar-refractivity contribution in [3.05, 3.63) is 54.6 Å². The largest absolute Gasteiger partial charge is 0.305 e. The van der Waals surface area contributed by atoms with E-state index in [4.69, 9.17) is 23.2 Å². The lowest BCUT2D eigenvalue weighted by Crippen LogP contribution is -2.17. The Balaban J connectivity index is 1.95. The molecule has 2 rings (SSSR count). The van der Waals surface area contributed by atoms with Crippen LogP contribution >= 0.6 is 50.5 Å². The molecule has 0 radical (unpaired) electrons. The van der Waals surface area contributed by atoms with E-state index in [1.807, 2.05) is 24.3 Å². The highest BCUT2D eigenvalue weighted by atomic mass is 79.9. The molecule has 1 nitrogen and oxygen atoms in total. The first-order valence-corrected chi connectivity index (χ1v) is 7.85. The molecule has 0 bridgehead atoms. The van der Waals surface area contributed by atoms with Gasteiger partial charge < -0.3 is 5.32 Å². The smallest absolute Gasteiger partial charge is 0.107 e. The molecule has 0 saturated heterocycles. The van der Waals surface area contributed by atoms with E-state index in [-0.39, 0.29) is 6.04 Å². The predicted molar refractivity (Wildman–Crippen MR) is 83.7 cm³/mol. The van der Waals surface area contributed by atoms with Gasteiger partial charge in [-0.1, -0.05) is 35.3 Å². The van der Waals surface area contributed by atoms with E-state index in [9.17, 15) is 0 Å². The minimum Gasteiger partial charge on any atom is -0.305 e. The summed E-state index contributed by atoms with van der Waals surface area (Å²) in [5.41, 5.74) is 1.22. The van der Waals surface area contributed by atoms with E-state index in [2.05, 4.69) is 34.2 Å². The maximum atomic E-state index is 6.01. The molecule has 0 saturated carbocycles. The molecule has 1 N–H and O–H groups in total. The van der Waals surface area contributed by atoms with Crippen molar-refractivity contribution in [2.24, 2.45) is 0 Å². The third-order valence-electron chi connectivity index (χ3n) is 2.65. The number of hydrogen-bond donors (Lipinski definition) is 1. The van der Waals surface area contributed by atoms with Gasteiger partial charge in [-0.3, -0.25) is 0 Å². The number of halogens is 3. The molecule has 0 spiro atoms. The van der Waals surface area contributed by atoms with Crippen LogP contribution in [0.2, 0.25) is 9.36 Å². The van der Waals surface area contributed by atoms with Crippen LogP contribution in [0.5, 0.6) is 0 Å². The second kappa shape index (κ2) is 6.40. The summed E-state index contributed by atoms with van der Waals surface area (Å²) in [6.45, 7) is 2.94. The lowest BCUT2D eigenvalue weighted by atomic mass is 10.1. The zero-order chi connectivity index (χ0) is 13.1. The van der Waals surface area contributed by atoms with Crippen LogP contribution in [0.4, 0.5) is 0 Å². The zero-order valence-corrected chi connectivity index (χ0v) is 13.6. The zero-order valence-electron chi connectivity index (χ0n) is 9.71. The van der Waals surface area contributed by atoms with Crippen LogP contribution in [0.25, 0.3) is 0 Å². The quantitative estimate of drug-likeness (QED) is 0.737. The summed E-state index contributed by atoms with van der Waals surface area (Å²) in [5.74, 6) is 0. The van der Waals surface area contributed by atoms with Gasteiger partial charge in [0.15, 0.2) is 0 Å². The summed E-state index contributed by atoms with van der Waals surface area (Å²) in [6, 6.07) is 10.2. The van der Waals surface area contributed by atoms with Gasteiger partial charge in [-0.2, -0.15) is 0 Å². The number of hydrogen-bond acceptors (Lipinski definition) is 2. The van der Waals surface area contributed by atoms with Crippen LogP contribution < -0.4 is 5.32 Å². The van der Waals surface area contributed by atoms with Crippen molar-refractivity contribution in [3.8, 4) is 0 Å². The van der Waals surface area contributed by atoms with Crippen molar-refractivity contribution >= 4 is 50.5 Å². The number of rotatable bonds is 4. The maximum Gasteiger partial charge on any atom is 0.107 e. The Bertz CT molecular complexity index is 505. The van der Waals surface area contributed by atoms with Crippen LogP contribution in [0.1, 0.15) is 23.4 Å². The predicted octanol–water partition coefficient (Wildman–Crippen LogP) is 5.67. The van der Waals surface area contributed by atoms with E-state index in [0.29, 0.717) is 0 Å². The highest BCUT2D eigenvalue weighted by Gasteiger charge is 2.08. The minimum absolute atomic E-state index is 0.280. The lowest BCUT2D eigenvalue weighted by Gasteiger charge is -2.13. The van der Waals surface area contributed by atoms with Crippen molar-refractivity contribution in [1.29, 1.82) is 0 Å². The molecular weight excluding hydrogens is 353 g/mol. The SMILES string of the molecule is C[C@@H](NCc1cc(Br)c(Cl)s1)c1ccc(Cl)cc1. The first-order chi connectivity index (χ1) is 8.56. The van der Waals surface area contributed by atoms with Gasteiger partial charge in [0.1, 0.15) is 4.34 Å². The Morgan fingerprint density at radius 1 is 1.28 bits per heavy atom. The average molecular weight is 365 g/mol. The number of thiophene rings is 1. The summed E-state index contributed by atoms with van der Waals surface area (Å²) in [5, 5.41) is 4.23. The Morgan fingerprint density at radius 3 is 2.50 bits per heavy atom. The van der Waals surface area contributed by atoms with E-state index in [1.165, 1.54) is 10.4 Å². The monoisotopic (exact) mass is 363 g/mol. The Kier molecular flexibility index (Phi) is 5.10. The fraction of sp³-hybridized carbons (Fsp3) is 0.231. The Labute approximate surface area is 129 Å². The lowest BCUT2D eigenvalue weighted by molar-refractivity contribution is 0.579. The molecule has 96 valence electrons.